The molecule has 2 rings (SSSR count). The van der Waals surface area contributed by atoms with Crippen LogP contribution in [0.15, 0.2) is 42.6 Å². The quantitative estimate of drug-likeness (QED) is 0.726. The molecular weight excluding hydrogens is 194 g/mol. The molecule has 0 unspecified atom stereocenters. The van der Waals surface area contributed by atoms with E-state index in [1.54, 1.807) is 0 Å². The highest BCUT2D eigenvalue weighted by molar-refractivity contribution is 5.62. The summed E-state index contributed by atoms with van der Waals surface area (Å²) < 4.78 is 0. The van der Waals surface area contributed by atoms with Gasteiger partial charge in [0.1, 0.15) is 0 Å². The Balaban J connectivity index is 2.45. The van der Waals surface area contributed by atoms with Crippen LogP contribution in [-0.2, 0) is 0 Å². The van der Waals surface area contributed by atoms with Crippen LogP contribution in [-0.4, -0.2) is 4.98 Å². The molecule has 0 aliphatic heterocycles. The maximum absolute atomic E-state index is 4.57. The summed E-state index contributed by atoms with van der Waals surface area (Å²) in [7, 11) is 0. The number of rotatable bonds is 2. The minimum atomic E-state index is 0.538. The maximum Gasteiger partial charge on any atom is 0.0731 e. The molecule has 0 amide bonds. The van der Waals surface area contributed by atoms with Crippen molar-refractivity contribution in [2.75, 3.05) is 0 Å². The lowest BCUT2D eigenvalue weighted by molar-refractivity contribution is 0.856. The number of hydrogen-bond acceptors (Lipinski definition) is 1. The monoisotopic (exact) mass is 211 g/mol. The summed E-state index contributed by atoms with van der Waals surface area (Å²) in [6.07, 6.45) is 1.99. The lowest BCUT2D eigenvalue weighted by atomic mass is 10.0. The first-order chi connectivity index (χ1) is 7.68. The first-order valence-electron chi connectivity index (χ1n) is 5.70. The third-order valence-corrected chi connectivity index (χ3v) is 2.81. The van der Waals surface area contributed by atoms with Gasteiger partial charge >= 0.3 is 0 Å². The standard InChI is InChI=1S/C15H17N/c1-11(2)14-9-12(3)15(16-10-14)13-7-5-4-6-8-13/h4-11H,1-3H3. The number of pyridine rings is 1. The molecule has 0 fully saturated rings. The zero-order valence-corrected chi connectivity index (χ0v) is 10.1. The van der Waals surface area contributed by atoms with Crippen LogP contribution in [0.5, 0.6) is 0 Å². The molecule has 0 radical (unpaired) electrons. The van der Waals surface area contributed by atoms with Crippen LogP contribution in [0.4, 0.5) is 0 Å². The summed E-state index contributed by atoms with van der Waals surface area (Å²) in [5, 5.41) is 0. The van der Waals surface area contributed by atoms with Crippen molar-refractivity contribution in [2.45, 2.75) is 26.7 Å². The Morgan fingerprint density at radius 1 is 1.06 bits per heavy atom. The van der Waals surface area contributed by atoms with Crippen molar-refractivity contribution in [3.63, 3.8) is 0 Å². The van der Waals surface area contributed by atoms with E-state index in [0.29, 0.717) is 5.92 Å². The summed E-state index contributed by atoms with van der Waals surface area (Å²) >= 11 is 0. The zero-order valence-electron chi connectivity index (χ0n) is 10.1. The lowest BCUT2D eigenvalue weighted by Crippen LogP contribution is -1.94. The smallest absolute Gasteiger partial charge is 0.0731 e. The summed E-state index contributed by atoms with van der Waals surface area (Å²) in [5.41, 5.74) is 4.83. The Morgan fingerprint density at radius 2 is 1.75 bits per heavy atom. The van der Waals surface area contributed by atoms with E-state index in [9.17, 15) is 0 Å². The van der Waals surface area contributed by atoms with Crippen molar-refractivity contribution in [3.05, 3.63) is 53.7 Å². The molecule has 0 aliphatic carbocycles. The Morgan fingerprint density at radius 3 is 2.31 bits per heavy atom. The van der Waals surface area contributed by atoms with E-state index >= 15 is 0 Å². The average molecular weight is 211 g/mol. The third kappa shape index (κ3) is 2.13. The van der Waals surface area contributed by atoms with Gasteiger partial charge in [-0.1, -0.05) is 50.2 Å². The molecule has 0 saturated carbocycles. The minimum absolute atomic E-state index is 0.538. The topological polar surface area (TPSA) is 12.9 Å². The molecule has 1 heteroatoms. The van der Waals surface area contributed by atoms with Crippen LogP contribution < -0.4 is 0 Å². The Kier molecular flexibility index (Phi) is 3.04. The third-order valence-electron chi connectivity index (χ3n) is 2.81. The van der Waals surface area contributed by atoms with Gasteiger partial charge in [-0.15, -0.1) is 0 Å². The maximum atomic E-state index is 4.57. The molecule has 0 atom stereocenters. The van der Waals surface area contributed by atoms with Crippen LogP contribution >= 0.6 is 0 Å². The minimum Gasteiger partial charge on any atom is -0.256 e. The first kappa shape index (κ1) is 10.9. The van der Waals surface area contributed by atoms with Gasteiger partial charge in [0, 0.05) is 11.8 Å². The number of nitrogens with zero attached hydrogens (tertiary/aromatic N) is 1. The molecule has 16 heavy (non-hydrogen) atoms. The molecule has 82 valence electrons. The second-order valence-electron chi connectivity index (χ2n) is 4.45. The fourth-order valence-electron chi connectivity index (χ4n) is 1.81. The van der Waals surface area contributed by atoms with E-state index < -0.39 is 0 Å². The Hall–Kier alpha value is -1.63. The van der Waals surface area contributed by atoms with E-state index in [0.717, 1.165) is 5.69 Å². The highest BCUT2D eigenvalue weighted by Crippen LogP contribution is 2.23. The van der Waals surface area contributed by atoms with E-state index in [4.69, 9.17) is 0 Å². The molecule has 1 aromatic carbocycles. The molecule has 0 aliphatic rings. The molecule has 0 spiro atoms. The van der Waals surface area contributed by atoms with Crippen molar-refractivity contribution < 1.29 is 0 Å². The predicted molar refractivity (Wildman–Crippen MR) is 68.5 cm³/mol. The number of aromatic nitrogens is 1. The van der Waals surface area contributed by atoms with E-state index in [2.05, 4.69) is 44.0 Å². The molecular formula is C15H17N. The SMILES string of the molecule is Cc1cc(C(C)C)cnc1-c1ccccc1. The van der Waals surface area contributed by atoms with Crippen LogP contribution in [0.3, 0.4) is 0 Å². The predicted octanol–water partition coefficient (Wildman–Crippen LogP) is 4.18. The normalized spacial score (nSPS) is 10.8. The van der Waals surface area contributed by atoms with Gasteiger partial charge in [-0.2, -0.15) is 0 Å². The van der Waals surface area contributed by atoms with Crippen LogP contribution in [0.1, 0.15) is 30.9 Å². The Bertz CT molecular complexity index is 472. The van der Waals surface area contributed by atoms with Gasteiger partial charge < -0.3 is 0 Å². The van der Waals surface area contributed by atoms with Crippen molar-refractivity contribution in [1.82, 2.24) is 4.98 Å². The van der Waals surface area contributed by atoms with Crippen molar-refractivity contribution >= 4 is 0 Å². The number of aryl methyl sites for hydroxylation is 1. The highest BCUT2D eigenvalue weighted by atomic mass is 14.7. The van der Waals surface area contributed by atoms with Crippen LogP contribution in [0.25, 0.3) is 11.3 Å². The molecule has 0 N–H and O–H groups in total. The fourth-order valence-corrected chi connectivity index (χ4v) is 1.81. The second-order valence-corrected chi connectivity index (χ2v) is 4.45. The van der Waals surface area contributed by atoms with Crippen molar-refractivity contribution in [2.24, 2.45) is 0 Å². The molecule has 1 nitrogen and oxygen atoms in total. The van der Waals surface area contributed by atoms with E-state index in [1.165, 1.54) is 16.7 Å². The molecule has 0 saturated heterocycles. The highest BCUT2D eigenvalue weighted by Gasteiger charge is 2.05. The number of hydrogen-bond donors (Lipinski definition) is 0. The average Bonchev–Trinajstić information content (AvgIpc) is 2.30. The number of benzene rings is 1. The van der Waals surface area contributed by atoms with Crippen LogP contribution in [0.2, 0.25) is 0 Å². The molecule has 1 heterocycles. The van der Waals surface area contributed by atoms with Gasteiger partial charge in [0.2, 0.25) is 0 Å². The molecule has 1 aromatic heterocycles. The van der Waals surface area contributed by atoms with Gasteiger partial charge in [-0.3, -0.25) is 4.98 Å². The van der Waals surface area contributed by atoms with Crippen molar-refractivity contribution in [1.29, 1.82) is 0 Å². The summed E-state index contributed by atoms with van der Waals surface area (Å²) in [5.74, 6) is 0.538. The largest absolute Gasteiger partial charge is 0.256 e. The second kappa shape index (κ2) is 4.48. The van der Waals surface area contributed by atoms with E-state index in [-0.39, 0.29) is 0 Å². The summed E-state index contributed by atoms with van der Waals surface area (Å²) in [4.78, 5) is 4.57. The van der Waals surface area contributed by atoms with Crippen LogP contribution in [0, 0.1) is 6.92 Å². The van der Waals surface area contributed by atoms with Gasteiger partial charge in [-0.25, -0.2) is 0 Å². The van der Waals surface area contributed by atoms with Gasteiger partial charge in [0.05, 0.1) is 5.69 Å². The van der Waals surface area contributed by atoms with E-state index in [1.807, 2.05) is 24.4 Å². The summed E-state index contributed by atoms with van der Waals surface area (Å²) in [6.45, 7) is 6.51. The van der Waals surface area contributed by atoms with Crippen molar-refractivity contribution in [3.8, 4) is 11.3 Å². The summed E-state index contributed by atoms with van der Waals surface area (Å²) in [6, 6.07) is 12.6. The Labute approximate surface area is 97.2 Å². The lowest BCUT2D eigenvalue weighted by Gasteiger charge is -2.09. The fraction of sp³-hybridized carbons (Fsp3) is 0.267. The zero-order chi connectivity index (χ0) is 11.5. The van der Waals surface area contributed by atoms with Gasteiger partial charge in [-0.05, 0) is 24.0 Å². The first-order valence-corrected chi connectivity index (χ1v) is 5.70. The van der Waals surface area contributed by atoms with Gasteiger partial charge in [0.25, 0.3) is 0 Å². The van der Waals surface area contributed by atoms with Gasteiger partial charge in [0.15, 0.2) is 0 Å². The molecule has 2 aromatic rings. The molecule has 0 bridgehead atoms.